The Morgan fingerprint density at radius 3 is 2.48 bits per heavy atom. The number of nitrogens with zero attached hydrogens (tertiary/aromatic N) is 1. The van der Waals surface area contributed by atoms with E-state index in [1.165, 1.54) is 24.4 Å². The van der Waals surface area contributed by atoms with Crippen LogP contribution < -0.4 is 0 Å². The lowest BCUT2D eigenvalue weighted by molar-refractivity contribution is -0.137. The van der Waals surface area contributed by atoms with Crippen LogP contribution in [0.1, 0.15) is 38.8 Å². The average molecular weight is 396 g/mol. The molecule has 27 heavy (non-hydrogen) atoms. The molecule has 0 saturated carbocycles. The van der Waals surface area contributed by atoms with Crippen LogP contribution in [0, 0.1) is 0 Å². The van der Waals surface area contributed by atoms with Crippen molar-refractivity contribution in [2.45, 2.75) is 19.5 Å². The van der Waals surface area contributed by atoms with Crippen LogP contribution in [0.2, 0.25) is 5.02 Å². The van der Waals surface area contributed by atoms with Gasteiger partial charge in [0, 0.05) is 11.6 Å². The summed E-state index contributed by atoms with van der Waals surface area (Å²) in [5.74, 6) is -2.18. The molecule has 2 aromatic carbocycles. The number of carboxylic acid groups (broad SMARTS) is 1. The molecule has 3 rings (SSSR count). The Balaban J connectivity index is 2.29. The van der Waals surface area contributed by atoms with Crippen LogP contribution in [-0.2, 0) is 12.6 Å². The molecule has 0 unspecified atom stereocenters. The van der Waals surface area contributed by atoms with Crippen LogP contribution in [0.4, 0.5) is 13.2 Å². The zero-order chi connectivity index (χ0) is 19.9. The second-order valence-electron chi connectivity index (χ2n) is 5.88. The molecule has 4 nitrogen and oxygen atoms in total. The normalized spacial score (nSPS) is 11.7. The number of halogens is 4. The molecular formula is C19H13ClF3NO3. The van der Waals surface area contributed by atoms with Crippen molar-refractivity contribution in [1.29, 1.82) is 0 Å². The largest absolute Gasteiger partial charge is 0.478 e. The van der Waals surface area contributed by atoms with Crippen LogP contribution in [-0.4, -0.2) is 21.6 Å². The van der Waals surface area contributed by atoms with E-state index in [0.717, 1.165) is 16.7 Å². The van der Waals surface area contributed by atoms with Crippen LogP contribution >= 0.6 is 11.6 Å². The number of fused-ring (bicyclic) bond motifs is 1. The van der Waals surface area contributed by atoms with Crippen LogP contribution in [0.15, 0.2) is 42.6 Å². The third-order valence-corrected chi connectivity index (χ3v) is 4.58. The minimum atomic E-state index is -4.77. The van der Waals surface area contributed by atoms with Gasteiger partial charge in [0.05, 0.1) is 27.2 Å². The average Bonchev–Trinajstić information content (AvgIpc) is 2.98. The highest BCUT2D eigenvalue weighted by Crippen LogP contribution is 2.36. The summed E-state index contributed by atoms with van der Waals surface area (Å²) in [5, 5.41) is 9.45. The molecule has 0 saturated heterocycles. The molecule has 8 heteroatoms. The van der Waals surface area contributed by atoms with Gasteiger partial charge in [0.1, 0.15) is 0 Å². The van der Waals surface area contributed by atoms with E-state index in [4.69, 9.17) is 11.6 Å². The van der Waals surface area contributed by atoms with Crippen molar-refractivity contribution in [3.05, 3.63) is 69.9 Å². The van der Waals surface area contributed by atoms with E-state index in [9.17, 15) is 27.9 Å². The molecule has 0 atom stereocenters. The summed E-state index contributed by atoms with van der Waals surface area (Å²) in [5.41, 5.74) is -0.977. The quantitative estimate of drug-likeness (QED) is 0.657. The van der Waals surface area contributed by atoms with Crippen molar-refractivity contribution in [2.24, 2.45) is 0 Å². The van der Waals surface area contributed by atoms with Gasteiger partial charge in [-0.3, -0.25) is 9.36 Å². The van der Waals surface area contributed by atoms with Gasteiger partial charge in [0.25, 0.3) is 5.91 Å². The predicted octanol–water partition coefficient (Wildman–Crippen LogP) is 5.26. The minimum Gasteiger partial charge on any atom is -0.478 e. The number of alkyl halides is 3. The van der Waals surface area contributed by atoms with Gasteiger partial charge in [-0.15, -0.1) is 0 Å². The Morgan fingerprint density at radius 1 is 1.19 bits per heavy atom. The van der Waals surface area contributed by atoms with E-state index in [2.05, 4.69) is 0 Å². The number of aromatic nitrogens is 1. The summed E-state index contributed by atoms with van der Waals surface area (Å²) in [6, 6.07) is 7.30. The summed E-state index contributed by atoms with van der Waals surface area (Å²) in [6.07, 6.45) is -2.83. The molecule has 0 fully saturated rings. The third kappa shape index (κ3) is 3.30. The van der Waals surface area contributed by atoms with Gasteiger partial charge in [0.2, 0.25) is 0 Å². The molecule has 0 amide bonds. The molecule has 3 aromatic rings. The van der Waals surface area contributed by atoms with Gasteiger partial charge in [-0.05, 0) is 36.2 Å². The SMILES string of the molecule is CCc1cn(C(=O)c2c(Cl)cccc2C(F)(F)F)c2cc(C(=O)O)ccc12. The number of carbonyl (C=O) groups excluding carboxylic acids is 1. The fraction of sp³-hybridized carbons (Fsp3) is 0.158. The van der Waals surface area contributed by atoms with Crippen LogP contribution in [0.25, 0.3) is 10.9 Å². The fourth-order valence-electron chi connectivity index (χ4n) is 2.98. The summed E-state index contributed by atoms with van der Waals surface area (Å²) in [7, 11) is 0. The number of benzene rings is 2. The summed E-state index contributed by atoms with van der Waals surface area (Å²) in [4.78, 5) is 24.2. The van der Waals surface area contributed by atoms with Gasteiger partial charge >= 0.3 is 12.1 Å². The number of carbonyl (C=O) groups is 2. The van der Waals surface area contributed by atoms with Gasteiger partial charge in [0.15, 0.2) is 0 Å². The minimum absolute atomic E-state index is 0.0764. The van der Waals surface area contributed by atoms with E-state index in [0.29, 0.717) is 17.4 Å². The first-order valence-corrected chi connectivity index (χ1v) is 8.30. The Morgan fingerprint density at radius 2 is 1.89 bits per heavy atom. The maximum atomic E-state index is 13.4. The maximum absolute atomic E-state index is 13.4. The highest BCUT2D eigenvalue weighted by atomic mass is 35.5. The monoisotopic (exact) mass is 395 g/mol. The molecule has 0 aliphatic heterocycles. The standard InChI is InChI=1S/C19H13ClF3NO3/c1-2-10-9-24(15-8-11(18(26)27)6-7-12(10)15)17(25)16-13(19(21,22)23)4-3-5-14(16)20/h3-9H,2H2,1H3,(H,26,27). The lowest BCUT2D eigenvalue weighted by Gasteiger charge is -2.14. The second kappa shape index (κ2) is 6.74. The van der Waals surface area contributed by atoms with E-state index in [1.807, 2.05) is 6.92 Å². The summed E-state index contributed by atoms with van der Waals surface area (Å²) >= 11 is 5.93. The number of aromatic carboxylic acids is 1. The number of hydrogen-bond donors (Lipinski definition) is 1. The predicted molar refractivity (Wildman–Crippen MR) is 94.5 cm³/mol. The molecule has 0 radical (unpaired) electrons. The Kier molecular flexibility index (Phi) is 4.73. The van der Waals surface area contributed by atoms with Crippen molar-refractivity contribution < 1.29 is 27.9 Å². The highest BCUT2D eigenvalue weighted by molar-refractivity contribution is 6.34. The van der Waals surface area contributed by atoms with Crippen molar-refractivity contribution in [3.63, 3.8) is 0 Å². The molecule has 0 aliphatic carbocycles. The van der Waals surface area contributed by atoms with Gasteiger partial charge in [-0.1, -0.05) is 30.7 Å². The first kappa shape index (κ1) is 19.0. The van der Waals surface area contributed by atoms with Crippen molar-refractivity contribution in [2.75, 3.05) is 0 Å². The maximum Gasteiger partial charge on any atom is 0.417 e. The number of hydrogen-bond acceptors (Lipinski definition) is 2. The molecule has 140 valence electrons. The second-order valence-corrected chi connectivity index (χ2v) is 6.29. The number of rotatable bonds is 3. The van der Waals surface area contributed by atoms with Gasteiger partial charge < -0.3 is 5.11 Å². The molecule has 0 aliphatic rings. The number of aryl methyl sites for hydroxylation is 1. The molecule has 0 bridgehead atoms. The van der Waals surface area contributed by atoms with Crippen LogP contribution in [0.5, 0.6) is 0 Å². The number of carboxylic acids is 1. The Bertz CT molecular complexity index is 1070. The fourth-order valence-corrected chi connectivity index (χ4v) is 3.23. The Labute approximate surface area is 156 Å². The van der Waals surface area contributed by atoms with E-state index >= 15 is 0 Å². The van der Waals surface area contributed by atoms with E-state index in [-0.39, 0.29) is 16.1 Å². The first-order valence-electron chi connectivity index (χ1n) is 7.92. The zero-order valence-corrected chi connectivity index (χ0v) is 14.7. The molecule has 1 heterocycles. The summed E-state index contributed by atoms with van der Waals surface area (Å²) in [6.45, 7) is 1.82. The summed E-state index contributed by atoms with van der Waals surface area (Å²) < 4.78 is 41.1. The smallest absolute Gasteiger partial charge is 0.417 e. The van der Waals surface area contributed by atoms with E-state index in [1.54, 1.807) is 6.07 Å². The molecule has 1 N–H and O–H groups in total. The van der Waals surface area contributed by atoms with Gasteiger partial charge in [-0.25, -0.2) is 4.79 Å². The van der Waals surface area contributed by atoms with Crippen molar-refractivity contribution >= 4 is 34.4 Å². The Hall–Kier alpha value is -2.80. The zero-order valence-electron chi connectivity index (χ0n) is 14.0. The third-order valence-electron chi connectivity index (χ3n) is 4.27. The van der Waals surface area contributed by atoms with Gasteiger partial charge in [-0.2, -0.15) is 13.2 Å². The lowest BCUT2D eigenvalue weighted by atomic mass is 10.1. The van der Waals surface area contributed by atoms with Crippen molar-refractivity contribution in [3.8, 4) is 0 Å². The molecule has 1 aromatic heterocycles. The van der Waals surface area contributed by atoms with Crippen LogP contribution in [0.3, 0.4) is 0 Å². The highest BCUT2D eigenvalue weighted by Gasteiger charge is 2.37. The molecular weight excluding hydrogens is 383 g/mol. The van der Waals surface area contributed by atoms with E-state index < -0.39 is 29.2 Å². The van der Waals surface area contributed by atoms with Crippen molar-refractivity contribution in [1.82, 2.24) is 4.57 Å². The topological polar surface area (TPSA) is 59.3 Å². The lowest BCUT2D eigenvalue weighted by Crippen LogP contribution is -2.18. The first-order chi connectivity index (χ1) is 12.6. The molecule has 0 spiro atoms.